The molecule has 1 aromatic heterocycles. The number of carbonyl (C=O) groups excluding carboxylic acids is 4. The van der Waals surface area contributed by atoms with Crippen molar-refractivity contribution in [3.05, 3.63) is 29.6 Å². The number of nitrogens with one attached hydrogen (secondary N) is 1. The van der Waals surface area contributed by atoms with Crippen molar-refractivity contribution in [2.24, 2.45) is 0 Å². The number of hydrogen-bond acceptors (Lipinski definition) is 7. The average molecular weight is 391 g/mol. The third-order valence-electron chi connectivity index (χ3n) is 4.28. The molecule has 2 amide bonds. The van der Waals surface area contributed by atoms with E-state index < -0.39 is 29.9 Å². The van der Waals surface area contributed by atoms with Crippen molar-refractivity contribution in [2.45, 2.75) is 45.7 Å². The normalized spacial score (nSPS) is 17.0. The summed E-state index contributed by atoms with van der Waals surface area (Å²) in [4.78, 5) is 54.3. The maximum absolute atomic E-state index is 12.7. The van der Waals surface area contributed by atoms with Gasteiger partial charge in [0.1, 0.15) is 23.5 Å². The first-order valence-electron chi connectivity index (χ1n) is 9.31. The lowest BCUT2D eigenvalue weighted by Gasteiger charge is -2.26. The molecule has 9 nitrogen and oxygen atoms in total. The average Bonchev–Trinajstić information content (AvgIpc) is 3.17. The molecule has 0 spiro atoms. The fraction of sp³-hybridized carbons (Fsp3) is 0.526. The zero-order chi connectivity index (χ0) is 20.7. The van der Waals surface area contributed by atoms with Gasteiger partial charge in [-0.1, -0.05) is 6.07 Å². The standard InChI is InChI=1S/C19H25N3O6/c1-4-27-18(25)14-9-6-8-13(21-14)16(23)20-12(3)17(24)22-11-7-10-15(22)19(26)28-5-2/h6,8-9,12,15H,4-5,7,10-11H2,1-3H3,(H,20,23)/t12-,15-/m0/s1. The highest BCUT2D eigenvalue weighted by Crippen LogP contribution is 2.19. The first-order valence-corrected chi connectivity index (χ1v) is 9.31. The minimum atomic E-state index is -0.865. The Morgan fingerprint density at radius 2 is 1.86 bits per heavy atom. The van der Waals surface area contributed by atoms with Gasteiger partial charge in [0.05, 0.1) is 13.2 Å². The number of pyridine rings is 1. The molecule has 0 radical (unpaired) electrons. The molecule has 0 aliphatic carbocycles. The maximum Gasteiger partial charge on any atom is 0.356 e. The molecule has 1 fully saturated rings. The van der Waals surface area contributed by atoms with Crippen LogP contribution in [-0.4, -0.2) is 65.5 Å². The van der Waals surface area contributed by atoms with E-state index in [1.54, 1.807) is 13.8 Å². The van der Waals surface area contributed by atoms with E-state index in [1.165, 1.54) is 30.0 Å². The lowest BCUT2D eigenvalue weighted by atomic mass is 10.2. The molecule has 9 heteroatoms. The summed E-state index contributed by atoms with van der Waals surface area (Å²) in [5.74, 6) is -2.03. The number of ether oxygens (including phenoxy) is 2. The molecule has 0 aromatic carbocycles. The first-order chi connectivity index (χ1) is 13.4. The first kappa shape index (κ1) is 21.3. The van der Waals surface area contributed by atoms with Crippen LogP contribution < -0.4 is 5.32 Å². The van der Waals surface area contributed by atoms with Crippen molar-refractivity contribution in [2.75, 3.05) is 19.8 Å². The third-order valence-corrected chi connectivity index (χ3v) is 4.28. The van der Waals surface area contributed by atoms with Crippen LogP contribution in [0.5, 0.6) is 0 Å². The summed E-state index contributed by atoms with van der Waals surface area (Å²) in [5, 5.41) is 2.57. The van der Waals surface area contributed by atoms with E-state index in [-0.39, 0.29) is 30.5 Å². The molecule has 0 bridgehead atoms. The molecule has 1 aliphatic heterocycles. The van der Waals surface area contributed by atoms with E-state index in [9.17, 15) is 19.2 Å². The summed E-state index contributed by atoms with van der Waals surface area (Å²) in [6.07, 6.45) is 1.23. The van der Waals surface area contributed by atoms with Crippen molar-refractivity contribution in [1.82, 2.24) is 15.2 Å². The highest BCUT2D eigenvalue weighted by atomic mass is 16.5. The lowest BCUT2D eigenvalue weighted by molar-refractivity contribution is -0.153. The monoisotopic (exact) mass is 391 g/mol. The van der Waals surface area contributed by atoms with Gasteiger partial charge in [0.2, 0.25) is 5.91 Å². The second kappa shape index (κ2) is 9.82. The highest BCUT2D eigenvalue weighted by molar-refractivity contribution is 5.98. The Labute approximate surface area is 163 Å². The van der Waals surface area contributed by atoms with Crippen molar-refractivity contribution in [3.63, 3.8) is 0 Å². The van der Waals surface area contributed by atoms with Crippen LogP contribution in [0.25, 0.3) is 0 Å². The number of esters is 2. The topological polar surface area (TPSA) is 115 Å². The molecular weight excluding hydrogens is 366 g/mol. The Bertz CT molecular complexity index is 751. The van der Waals surface area contributed by atoms with Crippen LogP contribution in [0, 0.1) is 0 Å². The van der Waals surface area contributed by atoms with Crippen LogP contribution in [0.15, 0.2) is 18.2 Å². The van der Waals surface area contributed by atoms with Gasteiger partial charge in [-0.3, -0.25) is 9.59 Å². The van der Waals surface area contributed by atoms with E-state index >= 15 is 0 Å². The van der Waals surface area contributed by atoms with Gasteiger partial charge in [0, 0.05) is 6.54 Å². The van der Waals surface area contributed by atoms with Crippen molar-refractivity contribution < 1.29 is 28.7 Å². The Kier molecular flexibility index (Phi) is 7.48. The minimum Gasteiger partial charge on any atom is -0.464 e. The van der Waals surface area contributed by atoms with Gasteiger partial charge in [0.25, 0.3) is 5.91 Å². The molecule has 0 saturated carbocycles. The molecule has 1 saturated heterocycles. The Morgan fingerprint density at radius 3 is 2.54 bits per heavy atom. The third kappa shape index (κ3) is 5.05. The van der Waals surface area contributed by atoms with Gasteiger partial charge in [-0.15, -0.1) is 0 Å². The number of hydrogen-bond donors (Lipinski definition) is 1. The molecular formula is C19H25N3O6. The van der Waals surface area contributed by atoms with E-state index in [1.807, 2.05) is 0 Å². The summed E-state index contributed by atoms with van der Waals surface area (Å²) >= 11 is 0. The summed E-state index contributed by atoms with van der Waals surface area (Å²) in [6, 6.07) is 2.90. The lowest BCUT2D eigenvalue weighted by Crippen LogP contribution is -2.50. The van der Waals surface area contributed by atoms with Crippen LogP contribution in [0.1, 0.15) is 54.6 Å². The van der Waals surface area contributed by atoms with E-state index in [4.69, 9.17) is 9.47 Å². The van der Waals surface area contributed by atoms with E-state index in [2.05, 4.69) is 10.3 Å². The molecule has 28 heavy (non-hydrogen) atoms. The van der Waals surface area contributed by atoms with Gasteiger partial charge in [0.15, 0.2) is 0 Å². The molecule has 1 N–H and O–H groups in total. The van der Waals surface area contributed by atoms with Crippen LogP contribution in [0.3, 0.4) is 0 Å². The van der Waals surface area contributed by atoms with Crippen LogP contribution in [0.2, 0.25) is 0 Å². The van der Waals surface area contributed by atoms with Crippen LogP contribution in [0.4, 0.5) is 0 Å². The van der Waals surface area contributed by atoms with Crippen LogP contribution >= 0.6 is 0 Å². The number of rotatable bonds is 7. The van der Waals surface area contributed by atoms with E-state index in [0.29, 0.717) is 19.4 Å². The molecule has 2 heterocycles. The van der Waals surface area contributed by atoms with Gasteiger partial charge >= 0.3 is 11.9 Å². The summed E-state index contributed by atoms with van der Waals surface area (Å²) in [6.45, 7) is 5.78. The molecule has 0 unspecified atom stereocenters. The Hall–Kier alpha value is -2.97. The van der Waals surface area contributed by atoms with Crippen molar-refractivity contribution >= 4 is 23.8 Å². The largest absolute Gasteiger partial charge is 0.464 e. The number of likely N-dealkylation sites (tertiary alicyclic amines) is 1. The Morgan fingerprint density at radius 1 is 1.18 bits per heavy atom. The predicted molar refractivity (Wildman–Crippen MR) is 98.5 cm³/mol. The van der Waals surface area contributed by atoms with Crippen LogP contribution in [-0.2, 0) is 19.1 Å². The summed E-state index contributed by atoms with van der Waals surface area (Å²) < 4.78 is 9.88. The fourth-order valence-electron chi connectivity index (χ4n) is 2.97. The second-order valence-corrected chi connectivity index (χ2v) is 6.27. The van der Waals surface area contributed by atoms with Gasteiger partial charge in [-0.05, 0) is 45.7 Å². The second-order valence-electron chi connectivity index (χ2n) is 6.27. The number of carbonyl (C=O) groups is 4. The molecule has 1 aromatic rings. The predicted octanol–water partition coefficient (Wildman–Crippen LogP) is 0.931. The highest BCUT2D eigenvalue weighted by Gasteiger charge is 2.37. The fourth-order valence-corrected chi connectivity index (χ4v) is 2.97. The molecule has 2 atom stereocenters. The minimum absolute atomic E-state index is 0.00596. The zero-order valence-electron chi connectivity index (χ0n) is 16.3. The summed E-state index contributed by atoms with van der Waals surface area (Å²) in [5.41, 5.74) is 0.00367. The smallest absolute Gasteiger partial charge is 0.356 e. The van der Waals surface area contributed by atoms with Gasteiger partial charge in [-0.2, -0.15) is 0 Å². The maximum atomic E-state index is 12.7. The quantitative estimate of drug-likeness (QED) is 0.688. The van der Waals surface area contributed by atoms with Crippen molar-refractivity contribution in [1.29, 1.82) is 0 Å². The molecule has 2 rings (SSSR count). The zero-order valence-corrected chi connectivity index (χ0v) is 16.3. The Balaban J connectivity index is 2.03. The van der Waals surface area contributed by atoms with Gasteiger partial charge in [-0.25, -0.2) is 14.6 Å². The SMILES string of the molecule is CCOC(=O)c1cccc(C(=O)N[C@@H](C)C(=O)N2CCC[C@H]2C(=O)OCC)n1. The molecule has 1 aliphatic rings. The molecule has 152 valence electrons. The number of amides is 2. The number of aromatic nitrogens is 1. The van der Waals surface area contributed by atoms with Gasteiger partial charge < -0.3 is 19.7 Å². The summed E-state index contributed by atoms with van der Waals surface area (Å²) in [7, 11) is 0. The van der Waals surface area contributed by atoms with Crippen molar-refractivity contribution in [3.8, 4) is 0 Å². The van der Waals surface area contributed by atoms with E-state index in [0.717, 1.165) is 0 Å². The number of nitrogens with zero attached hydrogens (tertiary/aromatic N) is 2.